The quantitative estimate of drug-likeness (QED) is 0.304. The normalized spacial score (nSPS) is 7.80. The summed E-state index contributed by atoms with van der Waals surface area (Å²) in [5.41, 5.74) is 9.40. The number of nitrogens with zero attached hydrogens (tertiary/aromatic N) is 2. The van der Waals surface area contributed by atoms with Crippen molar-refractivity contribution >= 4 is 17.8 Å². The van der Waals surface area contributed by atoms with Gasteiger partial charge in [-0.3, -0.25) is 15.0 Å². The summed E-state index contributed by atoms with van der Waals surface area (Å²) >= 11 is 0. The number of hydrogen-bond acceptors (Lipinski definition) is 5. The van der Waals surface area contributed by atoms with E-state index >= 15 is 0 Å². The number of rotatable bonds is 2. The molecule has 0 fully saturated rings. The van der Waals surface area contributed by atoms with Gasteiger partial charge in [-0.2, -0.15) is 0 Å². The van der Waals surface area contributed by atoms with E-state index < -0.39 is 5.97 Å². The highest BCUT2D eigenvalue weighted by Gasteiger charge is 2.03. The highest BCUT2D eigenvalue weighted by molar-refractivity contribution is 5.79. The van der Waals surface area contributed by atoms with E-state index in [1.54, 1.807) is 0 Å². The van der Waals surface area contributed by atoms with Gasteiger partial charge in [0.2, 0.25) is 5.91 Å². The van der Waals surface area contributed by atoms with Crippen molar-refractivity contribution in [2.24, 2.45) is 11.5 Å². The Labute approximate surface area is 121 Å². The van der Waals surface area contributed by atoms with Gasteiger partial charge in [0, 0.05) is 14.0 Å². The number of nitrogens with one attached hydrogen (secondary N) is 2. The maximum atomic E-state index is 9.92. The number of carboxylic acid groups (broad SMARTS) is 1. The fourth-order valence-electron chi connectivity index (χ4n) is 0.288. The van der Waals surface area contributed by atoms with Gasteiger partial charge in [-0.25, -0.2) is 0 Å². The van der Waals surface area contributed by atoms with E-state index in [0.717, 1.165) is 4.90 Å². The number of guanidine groups is 1. The average Bonchev–Trinajstić information content (AvgIpc) is 2.15. The first-order chi connectivity index (χ1) is 8.91. The molecule has 0 aliphatic carbocycles. The van der Waals surface area contributed by atoms with E-state index in [1.807, 2.05) is 40.1 Å². The van der Waals surface area contributed by atoms with Crippen LogP contribution >= 0.6 is 0 Å². The van der Waals surface area contributed by atoms with Crippen LogP contribution in [0.15, 0.2) is 0 Å². The van der Waals surface area contributed by atoms with E-state index in [4.69, 9.17) is 16.2 Å². The van der Waals surface area contributed by atoms with E-state index in [2.05, 4.69) is 11.1 Å². The predicted molar refractivity (Wildman–Crippen MR) is 81.6 cm³/mol. The standard InChI is InChI=1S/C4H9N3O2.C3H9N.C2H5NO.C2H7N/c1-7(4(5)6)2-3(8)9;1-4(2)3;1-2(3)4;1-3-2/h2H2,1H3,(H3,5,6)(H,8,9);1-3H3;1H3,(H2,3,4);3H,1-2H3. The number of carboxylic acids is 1. The minimum Gasteiger partial charge on any atom is -0.480 e. The summed E-state index contributed by atoms with van der Waals surface area (Å²) in [5.74, 6) is -1.56. The first-order valence-corrected chi connectivity index (χ1v) is 5.64. The summed E-state index contributed by atoms with van der Waals surface area (Å²) in [4.78, 5) is 22.3. The van der Waals surface area contributed by atoms with Crippen LogP contribution in [0.4, 0.5) is 0 Å². The Balaban J connectivity index is -0.0000000976. The van der Waals surface area contributed by atoms with Gasteiger partial charge < -0.3 is 31.7 Å². The third kappa shape index (κ3) is 98.3. The molecule has 0 saturated heterocycles. The monoisotopic (exact) mass is 294 g/mol. The van der Waals surface area contributed by atoms with Crippen molar-refractivity contribution in [3.63, 3.8) is 0 Å². The van der Waals surface area contributed by atoms with Crippen LogP contribution in [0.3, 0.4) is 0 Å². The largest absolute Gasteiger partial charge is 0.480 e. The highest BCUT2D eigenvalue weighted by Crippen LogP contribution is 1.76. The van der Waals surface area contributed by atoms with Crippen LogP contribution in [0.1, 0.15) is 6.92 Å². The number of carbonyl (C=O) groups is 2. The number of nitrogens with two attached hydrogens (primary N) is 2. The number of likely N-dealkylation sites (N-methyl/N-ethyl adjacent to an activating group) is 1. The topological polar surface area (TPSA) is 149 Å². The molecule has 0 aromatic carbocycles. The van der Waals surface area contributed by atoms with Gasteiger partial charge in [0.05, 0.1) is 0 Å². The first-order valence-electron chi connectivity index (χ1n) is 5.64. The Bertz CT molecular complexity index is 252. The van der Waals surface area contributed by atoms with Crippen molar-refractivity contribution in [3.05, 3.63) is 0 Å². The molecular weight excluding hydrogens is 264 g/mol. The molecule has 122 valence electrons. The zero-order chi connectivity index (χ0) is 17.3. The fourth-order valence-corrected chi connectivity index (χ4v) is 0.288. The molecule has 0 unspecified atom stereocenters. The second-order valence-corrected chi connectivity index (χ2v) is 4.09. The number of carbonyl (C=O) groups excluding carboxylic acids is 1. The SMILES string of the molecule is CC(N)=O.CN(C)C.CN(CC(=O)O)C(=N)N.CNC. The molecule has 0 heterocycles. The van der Waals surface area contributed by atoms with Crippen LogP contribution in [0.25, 0.3) is 0 Å². The molecule has 0 saturated carbocycles. The van der Waals surface area contributed by atoms with Crippen LogP contribution in [0, 0.1) is 5.41 Å². The van der Waals surface area contributed by atoms with Gasteiger partial charge in [0.15, 0.2) is 5.96 Å². The van der Waals surface area contributed by atoms with Crippen LogP contribution in [-0.4, -0.2) is 81.6 Å². The highest BCUT2D eigenvalue weighted by atomic mass is 16.4. The summed E-state index contributed by atoms with van der Waals surface area (Å²) in [6.45, 7) is 1.08. The van der Waals surface area contributed by atoms with Crippen molar-refractivity contribution in [3.8, 4) is 0 Å². The molecule has 9 nitrogen and oxygen atoms in total. The van der Waals surface area contributed by atoms with Crippen LogP contribution in [0.2, 0.25) is 0 Å². The Morgan fingerprint density at radius 2 is 1.35 bits per heavy atom. The van der Waals surface area contributed by atoms with Gasteiger partial charge >= 0.3 is 5.97 Å². The summed E-state index contributed by atoms with van der Waals surface area (Å²) < 4.78 is 0. The van der Waals surface area contributed by atoms with Crippen molar-refractivity contribution in [1.29, 1.82) is 5.41 Å². The molecule has 7 N–H and O–H groups in total. The zero-order valence-electron chi connectivity index (χ0n) is 13.5. The lowest BCUT2D eigenvalue weighted by molar-refractivity contribution is -0.137. The summed E-state index contributed by atoms with van der Waals surface area (Å²) in [5, 5.41) is 17.6. The molecule has 1 amide bonds. The van der Waals surface area contributed by atoms with Gasteiger partial charge in [0.25, 0.3) is 0 Å². The lowest BCUT2D eigenvalue weighted by Crippen LogP contribution is -2.36. The molecule has 0 bridgehead atoms. The van der Waals surface area contributed by atoms with Crippen LogP contribution in [0.5, 0.6) is 0 Å². The van der Waals surface area contributed by atoms with Crippen molar-refractivity contribution in [2.45, 2.75) is 6.92 Å². The van der Waals surface area contributed by atoms with Gasteiger partial charge in [-0.1, -0.05) is 0 Å². The molecule has 9 heteroatoms. The van der Waals surface area contributed by atoms with Crippen molar-refractivity contribution in [2.75, 3.05) is 48.8 Å². The molecule has 0 rings (SSSR count). The summed E-state index contributed by atoms with van der Waals surface area (Å²) in [6.07, 6.45) is 0. The first kappa shape index (κ1) is 26.6. The number of amides is 1. The van der Waals surface area contributed by atoms with Gasteiger partial charge in [-0.15, -0.1) is 0 Å². The van der Waals surface area contributed by atoms with Gasteiger partial charge in [0.1, 0.15) is 6.54 Å². The van der Waals surface area contributed by atoms with E-state index in [9.17, 15) is 9.59 Å². The van der Waals surface area contributed by atoms with Crippen molar-refractivity contribution in [1.82, 2.24) is 15.1 Å². The second-order valence-electron chi connectivity index (χ2n) is 4.09. The predicted octanol–water partition coefficient (Wildman–Crippen LogP) is -1.60. The molecule has 0 aliphatic rings. The fraction of sp³-hybridized carbons (Fsp3) is 0.727. The summed E-state index contributed by atoms with van der Waals surface area (Å²) in [6, 6.07) is 0. The third-order valence-electron chi connectivity index (χ3n) is 0.784. The van der Waals surface area contributed by atoms with E-state index in [-0.39, 0.29) is 18.4 Å². The molecule has 20 heavy (non-hydrogen) atoms. The Kier molecular flexibility index (Phi) is 25.9. The molecule has 0 radical (unpaired) electrons. The number of aliphatic carboxylic acids is 1. The second kappa shape index (κ2) is 19.5. The zero-order valence-corrected chi connectivity index (χ0v) is 13.5. The van der Waals surface area contributed by atoms with E-state index in [0.29, 0.717) is 0 Å². The molecule has 0 aromatic rings. The maximum Gasteiger partial charge on any atom is 0.323 e. The molecule has 0 aromatic heterocycles. The molecule has 0 spiro atoms. The lowest BCUT2D eigenvalue weighted by atomic mass is 10.6. The minimum absolute atomic E-state index is 0.227. The number of hydrogen-bond donors (Lipinski definition) is 5. The molecule has 0 atom stereocenters. The van der Waals surface area contributed by atoms with Crippen LogP contribution in [-0.2, 0) is 9.59 Å². The van der Waals surface area contributed by atoms with Gasteiger partial charge in [-0.05, 0) is 35.2 Å². The smallest absolute Gasteiger partial charge is 0.323 e. The molecular formula is C11H30N6O3. The third-order valence-corrected chi connectivity index (χ3v) is 0.784. The van der Waals surface area contributed by atoms with Crippen LogP contribution < -0.4 is 16.8 Å². The minimum atomic E-state index is -0.993. The molecule has 0 aliphatic heterocycles. The lowest BCUT2D eigenvalue weighted by Gasteiger charge is -2.12. The van der Waals surface area contributed by atoms with Crippen molar-refractivity contribution < 1.29 is 14.7 Å². The summed E-state index contributed by atoms with van der Waals surface area (Å²) in [7, 11) is 11.2. The maximum absolute atomic E-state index is 9.92. The number of primary amides is 1. The Morgan fingerprint density at radius 3 is 1.40 bits per heavy atom. The average molecular weight is 294 g/mol. The van der Waals surface area contributed by atoms with E-state index in [1.165, 1.54) is 14.0 Å². The Morgan fingerprint density at radius 1 is 1.15 bits per heavy atom. The Hall–Kier alpha value is -1.87.